The molecule has 1 saturated heterocycles. The monoisotopic (exact) mass is 343 g/mol. The minimum Gasteiger partial charge on any atom is -0.458 e. The Labute approximate surface area is 145 Å². The van der Waals surface area contributed by atoms with E-state index in [1.165, 1.54) is 12.0 Å². The van der Waals surface area contributed by atoms with Crippen molar-refractivity contribution in [3.05, 3.63) is 52.5 Å². The van der Waals surface area contributed by atoms with Gasteiger partial charge in [-0.3, -0.25) is 10.00 Å². The van der Waals surface area contributed by atoms with Gasteiger partial charge in [-0.15, -0.1) is 0 Å². The fourth-order valence-corrected chi connectivity index (χ4v) is 3.78. The Morgan fingerprint density at radius 3 is 3.00 bits per heavy atom. The topological polar surface area (TPSA) is 54.3 Å². The van der Waals surface area contributed by atoms with Crippen molar-refractivity contribution >= 4 is 11.3 Å². The van der Waals surface area contributed by atoms with Crippen LogP contribution in [0.3, 0.4) is 0 Å². The second kappa shape index (κ2) is 7.34. The highest BCUT2D eigenvalue weighted by molar-refractivity contribution is 7.07. The van der Waals surface area contributed by atoms with Gasteiger partial charge in [0.25, 0.3) is 0 Å². The normalized spacial score (nSPS) is 17.8. The largest absolute Gasteiger partial charge is 0.458 e. The average molecular weight is 343 g/mol. The molecule has 0 bridgehead atoms. The number of H-pyrrole nitrogens is 1. The second-order valence-corrected chi connectivity index (χ2v) is 6.95. The van der Waals surface area contributed by atoms with Crippen LogP contribution in [-0.4, -0.2) is 34.4 Å². The fourth-order valence-electron chi connectivity index (χ4n) is 3.12. The third-order valence-corrected chi connectivity index (χ3v) is 5.01. The van der Waals surface area contributed by atoms with Gasteiger partial charge in [0.1, 0.15) is 11.5 Å². The first-order valence-electron chi connectivity index (χ1n) is 8.30. The maximum absolute atomic E-state index is 5.99. The molecule has 0 spiro atoms. The molecule has 4 heterocycles. The molecule has 0 radical (unpaired) electrons. The Balaban J connectivity index is 1.46. The summed E-state index contributed by atoms with van der Waals surface area (Å²) in [6, 6.07) is 8.15. The lowest BCUT2D eigenvalue weighted by atomic mass is 10.2. The number of furan rings is 1. The minimum absolute atomic E-state index is 0.339. The molecule has 0 amide bonds. The van der Waals surface area contributed by atoms with Gasteiger partial charge in [-0.25, -0.2) is 0 Å². The highest BCUT2D eigenvalue weighted by Crippen LogP contribution is 2.22. The molecule has 1 fully saturated rings. The Hall–Kier alpha value is -1.89. The van der Waals surface area contributed by atoms with Crippen LogP contribution in [0.1, 0.15) is 24.2 Å². The summed E-state index contributed by atoms with van der Waals surface area (Å²) < 4.78 is 11.8. The Kier molecular flexibility index (Phi) is 4.78. The molecule has 24 heavy (non-hydrogen) atoms. The van der Waals surface area contributed by atoms with Crippen LogP contribution in [0.25, 0.3) is 11.5 Å². The molecule has 6 heteroatoms. The molecule has 0 aromatic carbocycles. The van der Waals surface area contributed by atoms with E-state index < -0.39 is 0 Å². The lowest BCUT2D eigenvalue weighted by Crippen LogP contribution is -2.31. The predicted molar refractivity (Wildman–Crippen MR) is 93.7 cm³/mol. The van der Waals surface area contributed by atoms with E-state index in [-0.39, 0.29) is 0 Å². The molecule has 0 unspecified atom stereocenters. The zero-order valence-electron chi connectivity index (χ0n) is 13.5. The second-order valence-electron chi connectivity index (χ2n) is 6.17. The van der Waals surface area contributed by atoms with E-state index in [1.54, 1.807) is 17.5 Å². The van der Waals surface area contributed by atoms with Gasteiger partial charge in [-0.05, 0) is 53.4 Å². The van der Waals surface area contributed by atoms with Crippen LogP contribution in [0.4, 0.5) is 0 Å². The van der Waals surface area contributed by atoms with Crippen molar-refractivity contribution in [3.63, 3.8) is 0 Å². The first-order valence-corrected chi connectivity index (χ1v) is 9.24. The molecule has 1 atom stereocenters. The van der Waals surface area contributed by atoms with E-state index in [2.05, 4.69) is 31.9 Å². The van der Waals surface area contributed by atoms with Crippen molar-refractivity contribution in [2.75, 3.05) is 13.2 Å². The van der Waals surface area contributed by atoms with Crippen molar-refractivity contribution in [2.24, 2.45) is 0 Å². The van der Waals surface area contributed by atoms with Gasteiger partial charge >= 0.3 is 0 Å². The number of aromatic amines is 1. The summed E-state index contributed by atoms with van der Waals surface area (Å²) in [5.41, 5.74) is 2.25. The molecule has 1 aliphatic rings. The Bertz CT molecular complexity index is 730. The number of nitrogens with zero attached hydrogens (tertiary/aromatic N) is 2. The van der Waals surface area contributed by atoms with E-state index in [9.17, 15) is 0 Å². The summed E-state index contributed by atoms with van der Waals surface area (Å²) in [6.45, 7) is 3.53. The smallest absolute Gasteiger partial charge is 0.152 e. The van der Waals surface area contributed by atoms with Crippen LogP contribution < -0.4 is 0 Å². The van der Waals surface area contributed by atoms with Gasteiger partial charge < -0.3 is 9.15 Å². The average Bonchev–Trinajstić information content (AvgIpc) is 3.37. The van der Waals surface area contributed by atoms with Gasteiger partial charge in [-0.1, -0.05) is 0 Å². The third kappa shape index (κ3) is 3.77. The molecule has 126 valence electrons. The van der Waals surface area contributed by atoms with Crippen molar-refractivity contribution in [1.82, 2.24) is 15.1 Å². The summed E-state index contributed by atoms with van der Waals surface area (Å²) in [5, 5.41) is 11.3. The van der Waals surface area contributed by atoms with Crippen LogP contribution in [0.5, 0.6) is 0 Å². The number of hydrogen-bond acceptors (Lipinski definition) is 5. The maximum Gasteiger partial charge on any atom is 0.152 e. The molecule has 3 aromatic rings. The molecular formula is C18H21N3O2S. The quantitative estimate of drug-likeness (QED) is 0.706. The Morgan fingerprint density at radius 1 is 1.25 bits per heavy atom. The molecule has 5 nitrogen and oxygen atoms in total. The van der Waals surface area contributed by atoms with Gasteiger partial charge in [0.2, 0.25) is 0 Å². The molecule has 3 aromatic heterocycles. The number of nitrogens with one attached hydrogen (secondary N) is 1. The standard InChI is InChI=1S/C18H21N3O2S/c1-2-15(22-8-1)11-21(10-14-6-9-24-13-14)12-16-3-4-18(23-16)17-5-7-19-20-17/h3-7,9,13,15H,1-2,8,10-12H2,(H,19,20)/t15-/m0/s1. The first kappa shape index (κ1) is 15.6. The zero-order chi connectivity index (χ0) is 16.2. The van der Waals surface area contributed by atoms with Crippen molar-refractivity contribution in [1.29, 1.82) is 0 Å². The zero-order valence-corrected chi connectivity index (χ0v) is 14.3. The first-order chi connectivity index (χ1) is 11.9. The highest BCUT2D eigenvalue weighted by atomic mass is 32.1. The van der Waals surface area contributed by atoms with Crippen LogP contribution in [0, 0.1) is 0 Å². The summed E-state index contributed by atoms with van der Waals surface area (Å²) in [6.07, 6.45) is 4.39. The van der Waals surface area contributed by atoms with E-state index in [4.69, 9.17) is 9.15 Å². The highest BCUT2D eigenvalue weighted by Gasteiger charge is 2.20. The fraction of sp³-hybridized carbons (Fsp3) is 0.389. The number of rotatable bonds is 7. The molecule has 0 saturated carbocycles. The van der Waals surface area contributed by atoms with Crippen LogP contribution in [0.2, 0.25) is 0 Å². The van der Waals surface area contributed by atoms with Crippen LogP contribution >= 0.6 is 11.3 Å². The lowest BCUT2D eigenvalue weighted by Gasteiger charge is -2.24. The minimum atomic E-state index is 0.339. The predicted octanol–water partition coefficient (Wildman–Crippen LogP) is 3.91. The molecule has 4 rings (SSSR count). The van der Waals surface area contributed by atoms with Crippen molar-refractivity contribution < 1.29 is 9.15 Å². The van der Waals surface area contributed by atoms with Crippen LogP contribution in [-0.2, 0) is 17.8 Å². The number of aromatic nitrogens is 2. The maximum atomic E-state index is 5.99. The molecule has 1 N–H and O–H groups in total. The lowest BCUT2D eigenvalue weighted by molar-refractivity contribution is 0.0656. The van der Waals surface area contributed by atoms with Crippen molar-refractivity contribution in [2.45, 2.75) is 32.0 Å². The van der Waals surface area contributed by atoms with Gasteiger partial charge in [0.05, 0.1) is 12.6 Å². The van der Waals surface area contributed by atoms with E-state index in [0.29, 0.717) is 6.10 Å². The molecule has 1 aliphatic heterocycles. The SMILES string of the molecule is c1cc(-c2ccc(CN(Cc3ccsc3)C[C@@H]3CCCO3)o2)[nH]n1. The molecule has 0 aliphatic carbocycles. The third-order valence-electron chi connectivity index (χ3n) is 4.28. The Morgan fingerprint density at radius 2 is 2.25 bits per heavy atom. The summed E-state index contributed by atoms with van der Waals surface area (Å²) in [7, 11) is 0. The molecular weight excluding hydrogens is 322 g/mol. The van der Waals surface area contributed by atoms with Gasteiger partial charge in [-0.2, -0.15) is 16.4 Å². The summed E-state index contributed by atoms with van der Waals surface area (Å²) >= 11 is 1.74. The number of ether oxygens (including phenoxy) is 1. The van der Waals surface area contributed by atoms with E-state index >= 15 is 0 Å². The van der Waals surface area contributed by atoms with Gasteiger partial charge in [0.15, 0.2) is 5.76 Å². The number of thiophene rings is 1. The summed E-state index contributed by atoms with van der Waals surface area (Å²) in [5.74, 6) is 1.79. The summed E-state index contributed by atoms with van der Waals surface area (Å²) in [4.78, 5) is 2.41. The number of hydrogen-bond donors (Lipinski definition) is 1. The van der Waals surface area contributed by atoms with Crippen molar-refractivity contribution in [3.8, 4) is 11.5 Å². The van der Waals surface area contributed by atoms with Crippen LogP contribution in [0.15, 0.2) is 45.6 Å². The van der Waals surface area contributed by atoms with Gasteiger partial charge in [0, 0.05) is 25.9 Å². The van der Waals surface area contributed by atoms with E-state index in [0.717, 1.165) is 49.9 Å². The van der Waals surface area contributed by atoms with E-state index in [1.807, 2.05) is 18.2 Å².